The summed E-state index contributed by atoms with van der Waals surface area (Å²) < 4.78 is 69.8. The van der Waals surface area contributed by atoms with Crippen LogP contribution in [0.15, 0.2) is 0 Å². The van der Waals surface area contributed by atoms with Crippen LogP contribution < -0.4 is 4.89 Å². The second kappa shape index (κ2) is 16.5. The number of halogens is 5. The molecular weight excluding hydrogens is 586 g/mol. The fourth-order valence-electron chi connectivity index (χ4n) is 2.03. The summed E-state index contributed by atoms with van der Waals surface area (Å²) >= 11 is 27.8. The average Bonchev–Trinajstić information content (AvgIpc) is 2.71. The molecule has 2 unspecified atom stereocenters. The van der Waals surface area contributed by atoms with Crippen molar-refractivity contribution in [2.45, 2.75) is 12.3 Å². The van der Waals surface area contributed by atoms with Gasteiger partial charge in [0.1, 0.15) is 0 Å². The molecule has 0 aromatic rings. The molecule has 0 N–H and O–H groups in total. The van der Waals surface area contributed by atoms with E-state index < -0.39 is 41.1 Å². The molecule has 0 aliphatic heterocycles. The van der Waals surface area contributed by atoms with Crippen LogP contribution in [0.1, 0.15) is 6.92 Å². The molecule has 0 aliphatic rings. The number of hydrogen-bond acceptors (Lipinski definition) is 10. The van der Waals surface area contributed by atoms with Gasteiger partial charge in [0.2, 0.25) is 0 Å². The second-order valence-corrected chi connectivity index (χ2v) is 13.3. The summed E-state index contributed by atoms with van der Waals surface area (Å²) in [4.78, 5) is 12.3. The minimum Gasteiger partial charge on any atom is -0.756 e. The molecule has 2 atom stereocenters. The largest absolute Gasteiger partial charge is 0.756 e. The van der Waals surface area contributed by atoms with Gasteiger partial charge in [0, 0.05) is 29.4 Å². The first-order valence-electron chi connectivity index (χ1n) is 8.70. The number of phosphoric acid groups is 1. The standard InChI is InChI=1S/C13H26Cl5O10P3/c1-13(28-31(21,22)27-11-6-18,30(20,25-9-4-16)26-10-5-17)12-29(19,23-7-2-14)24-8-3-15/h2-12H2,1H3,(H,21,22)/p-1. The Kier molecular flexibility index (Phi) is 17.5. The monoisotopic (exact) mass is 609 g/mol. The van der Waals surface area contributed by atoms with Crippen molar-refractivity contribution in [3.63, 3.8) is 0 Å². The Hall–Kier alpha value is 1.86. The third-order valence-electron chi connectivity index (χ3n) is 3.11. The van der Waals surface area contributed by atoms with E-state index in [1.165, 1.54) is 0 Å². The van der Waals surface area contributed by atoms with Crippen molar-refractivity contribution in [3.8, 4) is 0 Å². The van der Waals surface area contributed by atoms with Crippen LogP contribution in [0.4, 0.5) is 0 Å². The van der Waals surface area contributed by atoms with Crippen molar-refractivity contribution >= 4 is 81.0 Å². The highest BCUT2D eigenvalue weighted by Gasteiger charge is 2.55. The average molecular weight is 612 g/mol. The van der Waals surface area contributed by atoms with E-state index in [2.05, 4.69) is 4.52 Å². The Morgan fingerprint density at radius 2 is 1.03 bits per heavy atom. The van der Waals surface area contributed by atoms with Gasteiger partial charge in [-0.1, -0.05) is 0 Å². The van der Waals surface area contributed by atoms with Gasteiger partial charge in [-0.3, -0.25) is 18.2 Å². The van der Waals surface area contributed by atoms with Gasteiger partial charge in [-0.15, -0.1) is 58.0 Å². The minimum atomic E-state index is -5.15. The van der Waals surface area contributed by atoms with Crippen LogP contribution in [0, 0.1) is 0 Å². The zero-order valence-electron chi connectivity index (χ0n) is 16.6. The number of rotatable bonds is 20. The Labute approximate surface area is 207 Å². The normalized spacial score (nSPS) is 16.7. The lowest BCUT2D eigenvalue weighted by molar-refractivity contribution is -0.230. The Bertz CT molecular complexity index is 621. The third kappa shape index (κ3) is 12.4. The summed E-state index contributed by atoms with van der Waals surface area (Å²) in [6.07, 6.45) is -0.883. The van der Waals surface area contributed by atoms with Crippen LogP contribution in [0.25, 0.3) is 0 Å². The van der Waals surface area contributed by atoms with Gasteiger partial charge in [0.25, 0.3) is 7.82 Å². The van der Waals surface area contributed by atoms with Crippen molar-refractivity contribution in [2.24, 2.45) is 0 Å². The molecule has 10 nitrogen and oxygen atoms in total. The van der Waals surface area contributed by atoms with E-state index in [0.717, 1.165) is 6.92 Å². The summed E-state index contributed by atoms with van der Waals surface area (Å²) in [5, 5.41) is -2.43. The quantitative estimate of drug-likeness (QED) is 0.139. The van der Waals surface area contributed by atoms with E-state index in [9.17, 15) is 18.6 Å². The van der Waals surface area contributed by atoms with Gasteiger partial charge in [-0.2, -0.15) is 0 Å². The van der Waals surface area contributed by atoms with Crippen LogP contribution >= 0.6 is 81.0 Å². The van der Waals surface area contributed by atoms with Crippen LogP contribution in [0.3, 0.4) is 0 Å². The molecule has 18 heteroatoms. The molecule has 0 aromatic heterocycles. The Balaban J connectivity index is 6.25. The first kappa shape index (κ1) is 32.9. The SMILES string of the molecule is CC(CP(=O)(OCCCl)OCCCl)(OP(=O)([O-])OCCCl)P(=O)(OCCCl)OCCCl. The molecule has 0 radical (unpaired) electrons. The van der Waals surface area contributed by atoms with Crippen molar-refractivity contribution in [1.82, 2.24) is 0 Å². The summed E-state index contributed by atoms with van der Waals surface area (Å²) in [6, 6.07) is 0. The maximum atomic E-state index is 13.6. The Morgan fingerprint density at radius 3 is 1.42 bits per heavy atom. The molecular formula is C13H25Cl5O10P3-. The number of alkyl halides is 5. The first-order valence-corrected chi connectivity index (χ1v) is 16.1. The van der Waals surface area contributed by atoms with Crippen molar-refractivity contribution in [1.29, 1.82) is 0 Å². The van der Waals surface area contributed by atoms with Crippen LogP contribution in [-0.4, -0.2) is 73.9 Å². The van der Waals surface area contributed by atoms with Crippen LogP contribution in [-0.2, 0) is 40.8 Å². The lowest BCUT2D eigenvalue weighted by Gasteiger charge is -2.40. The molecule has 0 aromatic carbocycles. The van der Waals surface area contributed by atoms with Crippen molar-refractivity contribution in [2.75, 3.05) is 68.6 Å². The van der Waals surface area contributed by atoms with Gasteiger partial charge in [-0.05, 0) is 6.92 Å². The molecule has 0 amide bonds. The summed E-state index contributed by atoms with van der Waals surface area (Å²) in [7, 11) is -13.9. The predicted octanol–water partition coefficient (Wildman–Crippen LogP) is 4.85. The highest BCUT2D eigenvalue weighted by molar-refractivity contribution is 7.60. The summed E-state index contributed by atoms with van der Waals surface area (Å²) in [6.45, 7) is -0.500. The molecule has 188 valence electrons. The van der Waals surface area contributed by atoms with Gasteiger partial charge in [-0.25, -0.2) is 0 Å². The molecule has 0 saturated heterocycles. The maximum absolute atomic E-state index is 13.6. The maximum Gasteiger partial charge on any atom is 0.363 e. The van der Waals surface area contributed by atoms with E-state index in [1.54, 1.807) is 0 Å². The van der Waals surface area contributed by atoms with Gasteiger partial charge >= 0.3 is 15.2 Å². The lowest BCUT2D eigenvalue weighted by Crippen LogP contribution is -2.37. The van der Waals surface area contributed by atoms with Gasteiger partial charge in [0.05, 0.1) is 39.2 Å². The van der Waals surface area contributed by atoms with E-state index >= 15 is 0 Å². The fraction of sp³-hybridized carbons (Fsp3) is 1.00. The molecule has 0 saturated carbocycles. The van der Waals surface area contributed by atoms with Gasteiger partial charge in [0.15, 0.2) is 5.34 Å². The highest BCUT2D eigenvalue weighted by atomic mass is 35.5. The number of phosphoric ester groups is 1. The molecule has 0 spiro atoms. The van der Waals surface area contributed by atoms with E-state index in [4.69, 9.17) is 80.6 Å². The van der Waals surface area contributed by atoms with Crippen molar-refractivity contribution in [3.05, 3.63) is 0 Å². The molecule has 0 rings (SSSR count). The molecule has 0 heterocycles. The van der Waals surface area contributed by atoms with E-state index in [0.29, 0.717) is 0 Å². The van der Waals surface area contributed by atoms with E-state index in [1.807, 2.05) is 0 Å². The summed E-state index contributed by atoms with van der Waals surface area (Å²) in [5.41, 5.74) is 0. The van der Waals surface area contributed by atoms with Crippen LogP contribution in [0.5, 0.6) is 0 Å². The molecule has 31 heavy (non-hydrogen) atoms. The number of hydrogen-bond donors (Lipinski definition) is 0. The Morgan fingerprint density at radius 1 is 0.677 bits per heavy atom. The predicted molar refractivity (Wildman–Crippen MR) is 121 cm³/mol. The topological polar surface area (TPSA) is 130 Å². The highest BCUT2D eigenvalue weighted by Crippen LogP contribution is 2.69. The smallest absolute Gasteiger partial charge is 0.363 e. The lowest BCUT2D eigenvalue weighted by atomic mass is 10.5. The van der Waals surface area contributed by atoms with Crippen LogP contribution in [0.2, 0.25) is 0 Å². The third-order valence-corrected chi connectivity index (χ3v) is 9.99. The molecule has 0 aliphatic carbocycles. The minimum absolute atomic E-state index is 0.0617. The fourth-order valence-corrected chi connectivity index (χ4v) is 8.95. The zero-order chi connectivity index (χ0) is 24.0. The zero-order valence-corrected chi connectivity index (χ0v) is 23.1. The second-order valence-electron chi connectivity index (χ2n) is 5.59. The van der Waals surface area contributed by atoms with Gasteiger partial charge < -0.3 is 27.5 Å². The van der Waals surface area contributed by atoms with E-state index in [-0.39, 0.29) is 55.8 Å². The summed E-state index contributed by atoms with van der Waals surface area (Å²) in [5.74, 6) is -0.538. The molecule has 0 bridgehead atoms. The molecule has 0 fully saturated rings. The first-order chi connectivity index (χ1) is 14.5. The van der Waals surface area contributed by atoms with Crippen molar-refractivity contribution < 1.29 is 45.7 Å².